The summed E-state index contributed by atoms with van der Waals surface area (Å²) < 4.78 is 0. The molecule has 0 aromatic rings. The third-order valence-electron chi connectivity index (χ3n) is 0. The molecule has 0 aliphatic carbocycles. The summed E-state index contributed by atoms with van der Waals surface area (Å²) in [5.41, 5.74) is 0. The molecule has 6 N–H and O–H groups in total. The van der Waals surface area contributed by atoms with E-state index < -0.39 is 0 Å². The van der Waals surface area contributed by atoms with Gasteiger partial charge in [0, 0.05) is 0 Å². The molecule has 5 heteroatoms. The number of rotatable bonds is 0. The van der Waals surface area contributed by atoms with E-state index in [4.69, 9.17) is 0 Å². The van der Waals surface area contributed by atoms with E-state index in [2.05, 4.69) is 0 Å². The Balaban J connectivity index is -0.00000000167. The summed E-state index contributed by atoms with van der Waals surface area (Å²) in [6, 6.07) is 0. The Morgan fingerprint density at radius 2 is 0.800 bits per heavy atom. The summed E-state index contributed by atoms with van der Waals surface area (Å²) >= 11 is 1.44. The fraction of sp³-hybridized carbons (Fsp3) is 0. The van der Waals surface area contributed by atoms with Crippen molar-refractivity contribution in [2.24, 2.45) is 0 Å². The van der Waals surface area contributed by atoms with Gasteiger partial charge in [-0.1, -0.05) is 8.80 Å². The molecule has 0 radical (unpaired) electrons. The molecule has 0 aliphatic rings. The maximum Gasteiger partial charge on any atom is 0.193 e. The van der Waals surface area contributed by atoms with Crippen LogP contribution >= 0.6 is 0 Å². The maximum absolute atomic E-state index is 1.44. The Bertz CT molecular complexity index is 6.85. The Morgan fingerprint density at radius 1 is 0.800 bits per heavy atom. The summed E-state index contributed by atoms with van der Waals surface area (Å²) in [4.78, 5) is 0. The summed E-state index contributed by atoms with van der Waals surface area (Å²) in [7, 11) is 1.44. The Morgan fingerprint density at radius 3 is 0.800 bits per heavy atom. The van der Waals surface area contributed by atoms with Crippen molar-refractivity contribution in [2.75, 3.05) is 0 Å². The zero-order chi connectivity index (χ0) is 2.00. The van der Waals surface area contributed by atoms with Crippen LogP contribution in [0.15, 0.2) is 0 Å². The monoisotopic (exact) mass is 114 g/mol. The largest absolute Gasteiger partial charge is 0.412 e. The van der Waals surface area contributed by atoms with E-state index in [1.165, 1.54) is 24.4 Å². The van der Waals surface area contributed by atoms with Gasteiger partial charge in [-0.3, -0.25) is 0 Å². The fourth-order valence-electron chi connectivity index (χ4n) is 0. The van der Waals surface area contributed by atoms with E-state index in [0.717, 1.165) is 0 Å². The quantitative estimate of drug-likeness (QED) is 0.283. The third kappa shape index (κ3) is 80.8. The molecule has 0 spiro atoms. The van der Waals surface area contributed by atoms with Gasteiger partial charge in [-0.2, -0.15) is 0 Å². The highest BCUT2D eigenvalue weighted by molar-refractivity contribution is 6.75. The molecule has 0 rings (SSSR count). The molecular formula is H11AlO3Si. The Labute approximate surface area is 41.6 Å². The standard InChI is InChI=1S/Al.3H2O.H3Si.2H/h;3*1H2;1H3;;. The summed E-state index contributed by atoms with van der Waals surface area (Å²) in [5.74, 6) is 0. The van der Waals surface area contributed by atoms with Gasteiger partial charge in [0.05, 0.1) is 0 Å². The lowest BCUT2D eigenvalue weighted by atomic mass is 16.0. The molecule has 0 unspecified atom stereocenters. The highest BCUT2D eigenvalue weighted by Gasteiger charge is 1.08. The highest BCUT2D eigenvalue weighted by atomic mass is 28.7. The van der Waals surface area contributed by atoms with Crippen LogP contribution < -0.4 is 0 Å². The van der Waals surface area contributed by atoms with Crippen LogP contribution in [-0.4, -0.2) is 40.9 Å². The van der Waals surface area contributed by atoms with E-state index in [-0.39, 0.29) is 16.4 Å². The number of hydrogen-bond donors (Lipinski definition) is 0. The second kappa shape index (κ2) is 154. The van der Waals surface area contributed by atoms with Crippen LogP contribution in [0.2, 0.25) is 0 Å². The normalized spacial score (nSPS) is 1.60. The van der Waals surface area contributed by atoms with Crippen LogP contribution in [0, 0.1) is 0 Å². The molecule has 0 amide bonds. The average molecular weight is 114 g/mol. The van der Waals surface area contributed by atoms with Crippen molar-refractivity contribution < 1.29 is 16.4 Å². The minimum absolute atomic E-state index is 0. The molecule has 0 atom stereocenters. The van der Waals surface area contributed by atoms with Gasteiger partial charge in [0.2, 0.25) is 0 Å². The van der Waals surface area contributed by atoms with Crippen LogP contribution in [-0.2, 0) is 0 Å². The predicted octanol–water partition coefficient (Wildman–Crippen LogP) is -4.57. The lowest BCUT2D eigenvalue weighted by Gasteiger charge is -0.936. The van der Waals surface area contributed by atoms with Gasteiger partial charge in [0.15, 0.2) is 15.6 Å². The van der Waals surface area contributed by atoms with Gasteiger partial charge < -0.3 is 16.4 Å². The second-order valence-corrected chi connectivity index (χ2v) is 0. The van der Waals surface area contributed by atoms with Crippen LogP contribution in [0.4, 0.5) is 0 Å². The van der Waals surface area contributed by atoms with Crippen LogP contribution in [0.1, 0.15) is 0 Å². The van der Waals surface area contributed by atoms with Crippen LogP contribution in [0.25, 0.3) is 0 Å². The summed E-state index contributed by atoms with van der Waals surface area (Å²) in [6.07, 6.45) is 0. The molecule has 0 fully saturated rings. The first-order chi connectivity index (χ1) is 1.00. The van der Waals surface area contributed by atoms with Crippen molar-refractivity contribution in [2.45, 2.75) is 0 Å². The average Bonchev–Trinajstić information content (AvgIpc) is 1.00. The predicted molar refractivity (Wildman–Crippen MR) is 29.3 cm³/mol. The molecule has 0 bridgehead atoms. The fourth-order valence-corrected chi connectivity index (χ4v) is 0. The Kier molecular flexibility index (Phi) is 1400. The van der Waals surface area contributed by atoms with Crippen molar-refractivity contribution in [1.82, 2.24) is 0 Å². The molecule has 0 aliphatic heterocycles. The first-order valence-corrected chi connectivity index (χ1v) is 9.00. The van der Waals surface area contributed by atoms with Crippen LogP contribution in [0.3, 0.4) is 0 Å². The summed E-state index contributed by atoms with van der Waals surface area (Å²) in [5, 5.41) is 0. The van der Waals surface area contributed by atoms with Crippen molar-refractivity contribution >= 4 is 24.4 Å². The van der Waals surface area contributed by atoms with E-state index in [0.29, 0.717) is 0 Å². The molecule has 0 heterocycles. The highest BCUT2D eigenvalue weighted by Crippen LogP contribution is 0.619. The van der Waals surface area contributed by atoms with E-state index in [1.54, 1.807) is 0 Å². The molecule has 5 heavy (non-hydrogen) atoms. The first kappa shape index (κ1) is 45.4. The zero-order valence-corrected chi connectivity index (χ0v) is 7.50. The van der Waals surface area contributed by atoms with E-state index in [9.17, 15) is 0 Å². The lowest BCUT2D eigenvalue weighted by molar-refractivity contribution is 0.823. The van der Waals surface area contributed by atoms with Gasteiger partial charge in [-0.05, 0) is 0 Å². The second-order valence-electron chi connectivity index (χ2n) is 0. The molecule has 0 saturated carbocycles. The molecule has 0 saturated heterocycles. The molecular weight excluding hydrogens is 103 g/mol. The van der Waals surface area contributed by atoms with Crippen molar-refractivity contribution in [1.29, 1.82) is 0 Å². The van der Waals surface area contributed by atoms with Crippen LogP contribution in [0.5, 0.6) is 0 Å². The van der Waals surface area contributed by atoms with Crippen molar-refractivity contribution in [3.8, 4) is 0 Å². The van der Waals surface area contributed by atoms with Gasteiger partial charge in [0.1, 0.15) is 0 Å². The van der Waals surface area contributed by atoms with Crippen molar-refractivity contribution in [3.63, 3.8) is 0 Å². The minimum atomic E-state index is 0. The van der Waals surface area contributed by atoms with Gasteiger partial charge in [0.25, 0.3) is 0 Å². The first-order valence-electron chi connectivity index (χ1n) is 1.00. The maximum atomic E-state index is 1.44. The van der Waals surface area contributed by atoms with Gasteiger partial charge in [-0.15, -0.1) is 0 Å². The molecule has 36 valence electrons. The third-order valence-corrected chi connectivity index (χ3v) is 0. The zero-order valence-electron chi connectivity index (χ0n) is 3.50. The minimum Gasteiger partial charge on any atom is -0.412 e. The van der Waals surface area contributed by atoms with Gasteiger partial charge in [-0.25, -0.2) is 0 Å². The van der Waals surface area contributed by atoms with E-state index in [1.807, 2.05) is 0 Å². The van der Waals surface area contributed by atoms with Crippen molar-refractivity contribution in [3.05, 3.63) is 0 Å². The Hall–Kier alpha value is 0.629. The topological polar surface area (TPSA) is 94.5 Å². The molecule has 0 aromatic heterocycles. The number of hydrogen-bond acceptors (Lipinski definition) is 0. The summed E-state index contributed by atoms with van der Waals surface area (Å²) in [6.45, 7) is 0. The van der Waals surface area contributed by atoms with E-state index >= 15 is 0 Å². The van der Waals surface area contributed by atoms with Gasteiger partial charge >= 0.3 is 0 Å². The molecule has 0 aromatic carbocycles. The molecule has 3 nitrogen and oxygen atoms in total. The smallest absolute Gasteiger partial charge is 0.193 e. The SMILES string of the molecule is O.O.O.[AlH2][SiH3]. The lowest BCUT2D eigenvalue weighted by Crippen LogP contribution is -1.38.